The molecule has 1 heterocycles. The van der Waals surface area contributed by atoms with Crippen LogP contribution in [0.4, 0.5) is 4.79 Å². The standard InChI is InChI=1S/C6H12N2O3/c7-4-3-8(6(10)11)2-1-5(4)9/h4-5,9H,1-3,7H2,(H,10,11)/t4-,5-/m1/s1. The lowest BCUT2D eigenvalue weighted by Crippen LogP contribution is -2.52. The molecule has 0 saturated carbocycles. The number of hydrogen-bond donors (Lipinski definition) is 3. The highest BCUT2D eigenvalue weighted by atomic mass is 16.4. The van der Waals surface area contributed by atoms with E-state index in [9.17, 15) is 4.79 Å². The average Bonchev–Trinajstić information content (AvgIpc) is 1.94. The van der Waals surface area contributed by atoms with Gasteiger partial charge in [-0.1, -0.05) is 0 Å². The number of nitrogens with two attached hydrogens (primary N) is 1. The van der Waals surface area contributed by atoms with Crippen molar-refractivity contribution in [1.29, 1.82) is 0 Å². The van der Waals surface area contributed by atoms with E-state index >= 15 is 0 Å². The lowest BCUT2D eigenvalue weighted by atomic mass is 10.0. The number of aliphatic hydroxyl groups excluding tert-OH is 1. The first kappa shape index (κ1) is 8.29. The number of aliphatic hydroxyl groups is 1. The number of carbonyl (C=O) groups is 1. The van der Waals surface area contributed by atoms with E-state index in [1.54, 1.807) is 0 Å². The van der Waals surface area contributed by atoms with Crippen molar-refractivity contribution in [3.05, 3.63) is 0 Å². The Balaban J connectivity index is 2.46. The zero-order valence-corrected chi connectivity index (χ0v) is 6.10. The fourth-order valence-corrected chi connectivity index (χ4v) is 1.14. The van der Waals surface area contributed by atoms with E-state index in [1.807, 2.05) is 0 Å². The monoisotopic (exact) mass is 160 g/mol. The van der Waals surface area contributed by atoms with Crippen LogP contribution in [0.5, 0.6) is 0 Å². The predicted molar refractivity (Wildman–Crippen MR) is 38.2 cm³/mol. The number of piperidine rings is 1. The number of amides is 1. The molecular weight excluding hydrogens is 148 g/mol. The van der Waals surface area contributed by atoms with Crippen LogP contribution in [-0.4, -0.2) is 46.4 Å². The van der Waals surface area contributed by atoms with Gasteiger partial charge in [0.25, 0.3) is 0 Å². The molecule has 0 radical (unpaired) electrons. The van der Waals surface area contributed by atoms with Gasteiger partial charge in [-0.05, 0) is 6.42 Å². The normalized spacial score (nSPS) is 32.0. The van der Waals surface area contributed by atoms with Crippen LogP contribution in [0.3, 0.4) is 0 Å². The lowest BCUT2D eigenvalue weighted by molar-refractivity contribution is 0.0607. The van der Waals surface area contributed by atoms with Crippen LogP contribution in [0, 0.1) is 0 Å². The van der Waals surface area contributed by atoms with Gasteiger partial charge in [-0.25, -0.2) is 4.79 Å². The molecule has 5 nitrogen and oxygen atoms in total. The van der Waals surface area contributed by atoms with Crippen molar-refractivity contribution >= 4 is 6.09 Å². The minimum atomic E-state index is -0.965. The topological polar surface area (TPSA) is 86.8 Å². The molecule has 5 heteroatoms. The molecule has 4 N–H and O–H groups in total. The van der Waals surface area contributed by atoms with Crippen LogP contribution < -0.4 is 5.73 Å². The first-order valence-electron chi connectivity index (χ1n) is 3.53. The Hall–Kier alpha value is -0.810. The third-order valence-corrected chi connectivity index (χ3v) is 1.89. The molecule has 0 aromatic rings. The molecule has 0 aromatic carbocycles. The van der Waals surface area contributed by atoms with Crippen LogP contribution in [0.25, 0.3) is 0 Å². The summed E-state index contributed by atoms with van der Waals surface area (Å²) in [6.45, 7) is 0.612. The summed E-state index contributed by atoms with van der Waals surface area (Å²) in [5.41, 5.74) is 5.45. The molecule has 1 amide bonds. The highest BCUT2D eigenvalue weighted by molar-refractivity contribution is 5.65. The Labute approximate surface area is 64.4 Å². The Morgan fingerprint density at radius 1 is 1.64 bits per heavy atom. The van der Waals surface area contributed by atoms with Crippen LogP contribution in [0.2, 0.25) is 0 Å². The van der Waals surface area contributed by atoms with E-state index in [1.165, 1.54) is 4.90 Å². The van der Waals surface area contributed by atoms with E-state index in [-0.39, 0.29) is 6.54 Å². The Kier molecular flexibility index (Phi) is 2.31. The fraction of sp³-hybridized carbons (Fsp3) is 0.833. The molecule has 1 aliphatic heterocycles. The van der Waals surface area contributed by atoms with Gasteiger partial charge in [0.05, 0.1) is 6.10 Å². The van der Waals surface area contributed by atoms with Crippen molar-refractivity contribution < 1.29 is 15.0 Å². The number of carboxylic acid groups (broad SMARTS) is 1. The smallest absolute Gasteiger partial charge is 0.407 e. The number of nitrogens with zero attached hydrogens (tertiary/aromatic N) is 1. The zero-order chi connectivity index (χ0) is 8.43. The van der Waals surface area contributed by atoms with Gasteiger partial charge in [0, 0.05) is 19.1 Å². The van der Waals surface area contributed by atoms with Gasteiger partial charge >= 0.3 is 6.09 Å². The number of likely N-dealkylation sites (tertiary alicyclic amines) is 1. The second-order valence-corrected chi connectivity index (χ2v) is 2.75. The summed E-state index contributed by atoms with van der Waals surface area (Å²) in [6, 6.07) is -0.431. The first-order chi connectivity index (χ1) is 5.11. The minimum Gasteiger partial charge on any atom is -0.465 e. The largest absolute Gasteiger partial charge is 0.465 e. The van der Waals surface area contributed by atoms with Gasteiger partial charge in [0.15, 0.2) is 0 Å². The molecule has 0 spiro atoms. The molecule has 0 bridgehead atoms. The minimum absolute atomic E-state index is 0.233. The van der Waals surface area contributed by atoms with Crippen LogP contribution >= 0.6 is 0 Å². The highest BCUT2D eigenvalue weighted by Gasteiger charge is 2.26. The summed E-state index contributed by atoms with van der Waals surface area (Å²) in [5, 5.41) is 17.7. The maximum atomic E-state index is 10.4. The van der Waals surface area contributed by atoms with Crippen molar-refractivity contribution in [3.63, 3.8) is 0 Å². The van der Waals surface area contributed by atoms with E-state index in [0.717, 1.165) is 0 Å². The van der Waals surface area contributed by atoms with Crippen molar-refractivity contribution in [2.24, 2.45) is 5.73 Å². The lowest BCUT2D eigenvalue weighted by Gasteiger charge is -2.32. The van der Waals surface area contributed by atoms with E-state index < -0.39 is 18.2 Å². The molecule has 2 atom stereocenters. The quantitative estimate of drug-likeness (QED) is 0.426. The second kappa shape index (κ2) is 3.06. The summed E-state index contributed by atoms with van der Waals surface area (Å²) in [6.07, 6.45) is -1.08. The van der Waals surface area contributed by atoms with E-state index in [4.69, 9.17) is 15.9 Å². The molecule has 1 fully saturated rings. The predicted octanol–water partition coefficient (Wildman–Crippen LogP) is -0.942. The molecule has 0 aliphatic carbocycles. The summed E-state index contributed by atoms with van der Waals surface area (Å²) >= 11 is 0. The maximum Gasteiger partial charge on any atom is 0.407 e. The molecular formula is C6H12N2O3. The molecule has 0 unspecified atom stereocenters. The summed E-state index contributed by atoms with van der Waals surface area (Å²) < 4.78 is 0. The molecule has 11 heavy (non-hydrogen) atoms. The maximum absolute atomic E-state index is 10.4. The molecule has 64 valence electrons. The van der Waals surface area contributed by atoms with Crippen molar-refractivity contribution in [2.75, 3.05) is 13.1 Å². The molecule has 1 rings (SSSR count). The Bertz CT molecular complexity index is 162. The van der Waals surface area contributed by atoms with E-state index in [0.29, 0.717) is 13.0 Å². The van der Waals surface area contributed by atoms with Crippen LogP contribution in [0.1, 0.15) is 6.42 Å². The van der Waals surface area contributed by atoms with Crippen LogP contribution in [0.15, 0.2) is 0 Å². The third-order valence-electron chi connectivity index (χ3n) is 1.89. The van der Waals surface area contributed by atoms with Gasteiger partial charge < -0.3 is 20.8 Å². The second-order valence-electron chi connectivity index (χ2n) is 2.75. The average molecular weight is 160 g/mol. The third kappa shape index (κ3) is 1.81. The molecule has 1 aliphatic rings. The Morgan fingerprint density at radius 3 is 2.73 bits per heavy atom. The summed E-state index contributed by atoms with van der Waals surface area (Å²) in [4.78, 5) is 11.6. The zero-order valence-electron chi connectivity index (χ0n) is 6.10. The van der Waals surface area contributed by atoms with Crippen LogP contribution in [-0.2, 0) is 0 Å². The highest BCUT2D eigenvalue weighted by Crippen LogP contribution is 2.08. The van der Waals surface area contributed by atoms with Crippen molar-refractivity contribution in [3.8, 4) is 0 Å². The fourth-order valence-electron chi connectivity index (χ4n) is 1.14. The Morgan fingerprint density at radius 2 is 2.27 bits per heavy atom. The van der Waals surface area contributed by atoms with E-state index in [2.05, 4.69) is 0 Å². The van der Waals surface area contributed by atoms with Gasteiger partial charge in [-0.3, -0.25) is 0 Å². The van der Waals surface area contributed by atoms with Crippen molar-refractivity contribution in [2.45, 2.75) is 18.6 Å². The summed E-state index contributed by atoms with van der Waals surface area (Å²) in [5.74, 6) is 0. The SMILES string of the molecule is N[C@@H]1CN(C(=O)O)CC[C@H]1O. The molecule has 0 aromatic heterocycles. The van der Waals surface area contributed by atoms with Gasteiger partial charge in [-0.15, -0.1) is 0 Å². The van der Waals surface area contributed by atoms with Gasteiger partial charge in [0.1, 0.15) is 0 Å². The van der Waals surface area contributed by atoms with Crippen molar-refractivity contribution in [1.82, 2.24) is 4.90 Å². The summed E-state index contributed by atoms with van der Waals surface area (Å²) in [7, 11) is 0. The van der Waals surface area contributed by atoms with Gasteiger partial charge in [0.2, 0.25) is 0 Å². The van der Waals surface area contributed by atoms with Gasteiger partial charge in [-0.2, -0.15) is 0 Å². The number of rotatable bonds is 0. The number of hydrogen-bond acceptors (Lipinski definition) is 3. The first-order valence-corrected chi connectivity index (χ1v) is 3.53. The molecule has 1 saturated heterocycles.